The lowest BCUT2D eigenvalue weighted by Crippen LogP contribution is -2.60. The lowest BCUT2D eigenvalue weighted by Gasteiger charge is -2.43. The molecule has 4 aliphatic rings. The molecule has 0 fully saturated rings. The van der Waals surface area contributed by atoms with Crippen molar-refractivity contribution in [3.05, 3.63) is 185 Å². The molecule has 2 aliphatic heterocycles. The van der Waals surface area contributed by atoms with Gasteiger partial charge in [0.1, 0.15) is 5.58 Å². The fourth-order valence-corrected chi connectivity index (χ4v) is 13.2. The topological polar surface area (TPSA) is 24.6 Å². The van der Waals surface area contributed by atoms with Gasteiger partial charge in [-0.2, -0.15) is 0 Å². The minimum absolute atomic E-state index is 0.0190. The Morgan fingerprint density at radius 3 is 1.95 bits per heavy atom. The maximum absolute atomic E-state index is 7.26. The molecule has 0 spiro atoms. The van der Waals surface area contributed by atoms with Crippen LogP contribution in [0.2, 0.25) is 0 Å². The molecular weight excluding hydrogens is 898 g/mol. The highest BCUT2D eigenvalue weighted by atomic mass is 16.3. The van der Waals surface area contributed by atoms with E-state index in [0.717, 1.165) is 39.7 Å². The zero-order valence-corrected chi connectivity index (χ0v) is 46.0. The number of allylic oxidation sites excluding steroid dienone is 2. The molecular formula is C69H70BN3O. The largest absolute Gasteiger partial charge is 0.454 e. The van der Waals surface area contributed by atoms with Gasteiger partial charge in [0.15, 0.2) is 5.58 Å². The zero-order valence-electron chi connectivity index (χ0n) is 46.0. The highest BCUT2D eigenvalue weighted by molar-refractivity contribution is 7.00. The van der Waals surface area contributed by atoms with E-state index in [4.69, 9.17) is 4.42 Å². The number of anilines is 5. The summed E-state index contributed by atoms with van der Waals surface area (Å²) in [6.07, 6.45) is 8.21. The first-order valence-electron chi connectivity index (χ1n) is 27.1. The van der Waals surface area contributed by atoms with Gasteiger partial charge < -0.3 is 18.8 Å². The SMILES string of the molecule is CC(C)(C)C1=CCC(N(c2ccc(C(C)(C)C)cc2)c2ccc3c(c2)N(c2cccc4c2oc2cc(C(C)(C)C)ccc24)c2cc(C(C)(C)C)cc4c2B3c2cccc3c5c(n-4c23)C(C)(C)c2ccccc2-5)C=C1. The first kappa shape index (κ1) is 46.8. The van der Waals surface area contributed by atoms with E-state index < -0.39 is 0 Å². The molecule has 0 saturated heterocycles. The van der Waals surface area contributed by atoms with Crippen LogP contribution < -0.4 is 26.2 Å². The Kier molecular flexibility index (Phi) is 9.83. The van der Waals surface area contributed by atoms with E-state index in [1.54, 1.807) is 0 Å². The van der Waals surface area contributed by atoms with Crippen molar-refractivity contribution < 1.29 is 4.42 Å². The molecule has 370 valence electrons. The highest BCUT2D eigenvalue weighted by Crippen LogP contribution is 2.55. The van der Waals surface area contributed by atoms with Crippen LogP contribution in [0, 0.1) is 5.41 Å². The van der Waals surface area contributed by atoms with Gasteiger partial charge in [0.25, 0.3) is 6.71 Å². The fraction of sp³-hybridized carbons (Fsp3) is 0.304. The summed E-state index contributed by atoms with van der Waals surface area (Å²) in [6, 6.07) is 51.9. The number of rotatable bonds is 4. The second kappa shape index (κ2) is 15.5. The van der Waals surface area contributed by atoms with Crippen molar-refractivity contribution >= 4 is 84.4 Å². The van der Waals surface area contributed by atoms with Crippen LogP contribution >= 0.6 is 0 Å². The minimum Gasteiger partial charge on any atom is -0.454 e. The maximum atomic E-state index is 7.26. The van der Waals surface area contributed by atoms with Crippen LogP contribution in [0.1, 0.15) is 131 Å². The average molecular weight is 968 g/mol. The van der Waals surface area contributed by atoms with Gasteiger partial charge in [-0.3, -0.25) is 0 Å². The van der Waals surface area contributed by atoms with Crippen molar-refractivity contribution in [1.82, 2.24) is 4.57 Å². The van der Waals surface area contributed by atoms with Crippen LogP contribution in [0.25, 0.3) is 49.7 Å². The first-order valence-corrected chi connectivity index (χ1v) is 27.1. The van der Waals surface area contributed by atoms with Crippen LogP contribution in [0.5, 0.6) is 0 Å². The minimum atomic E-state index is -0.225. The molecule has 0 radical (unpaired) electrons. The zero-order chi connectivity index (χ0) is 51.8. The highest BCUT2D eigenvalue weighted by Gasteiger charge is 2.48. The van der Waals surface area contributed by atoms with Crippen LogP contribution in [-0.2, 0) is 21.7 Å². The quantitative estimate of drug-likeness (QED) is 0.164. The molecule has 13 rings (SSSR count). The van der Waals surface area contributed by atoms with Gasteiger partial charge in [-0.15, -0.1) is 0 Å². The Morgan fingerprint density at radius 1 is 0.568 bits per heavy atom. The Hall–Kier alpha value is -6.98. The monoisotopic (exact) mass is 968 g/mol. The van der Waals surface area contributed by atoms with E-state index in [-0.39, 0.29) is 39.8 Å². The third kappa shape index (κ3) is 6.80. The van der Waals surface area contributed by atoms with E-state index in [2.05, 4.69) is 263 Å². The Balaban J connectivity index is 1.13. The summed E-state index contributed by atoms with van der Waals surface area (Å²) in [6.45, 7) is 32.7. The van der Waals surface area contributed by atoms with Crippen LogP contribution in [0.15, 0.2) is 162 Å². The molecule has 4 heterocycles. The Bertz CT molecular complexity index is 3900. The molecule has 7 aromatic carbocycles. The van der Waals surface area contributed by atoms with E-state index in [9.17, 15) is 0 Å². The van der Waals surface area contributed by atoms with Crippen molar-refractivity contribution in [3.63, 3.8) is 0 Å². The first-order chi connectivity index (χ1) is 35.0. The number of aromatic nitrogens is 1. The van der Waals surface area contributed by atoms with Gasteiger partial charge in [0, 0.05) is 66.8 Å². The van der Waals surface area contributed by atoms with Crippen LogP contribution in [0.4, 0.5) is 28.4 Å². The predicted octanol–water partition coefficient (Wildman–Crippen LogP) is 16.8. The summed E-state index contributed by atoms with van der Waals surface area (Å²) in [5.74, 6) is 0. The number of hydrogen-bond acceptors (Lipinski definition) is 3. The van der Waals surface area contributed by atoms with E-state index in [0.29, 0.717) is 0 Å². The number of fused-ring (bicyclic) bond motifs is 12. The van der Waals surface area contributed by atoms with E-state index >= 15 is 0 Å². The second-order valence-electron chi connectivity index (χ2n) is 26.6. The smallest absolute Gasteiger partial charge is 0.252 e. The number of nitrogens with zero attached hydrogens (tertiary/aromatic N) is 3. The van der Waals surface area contributed by atoms with Crippen LogP contribution in [-0.4, -0.2) is 17.3 Å². The van der Waals surface area contributed by atoms with E-state index in [1.807, 2.05) is 0 Å². The predicted molar refractivity (Wildman–Crippen MR) is 317 cm³/mol. The molecule has 2 aliphatic carbocycles. The average Bonchev–Trinajstić information content (AvgIpc) is 4.04. The van der Waals surface area contributed by atoms with Gasteiger partial charge in [-0.25, -0.2) is 0 Å². The van der Waals surface area contributed by atoms with Gasteiger partial charge in [0.05, 0.1) is 11.7 Å². The summed E-state index contributed by atoms with van der Waals surface area (Å²) < 4.78 is 9.96. The molecule has 5 heteroatoms. The fourth-order valence-electron chi connectivity index (χ4n) is 13.2. The molecule has 2 aromatic heterocycles. The molecule has 9 aromatic rings. The normalized spacial score (nSPS) is 16.7. The summed E-state index contributed by atoms with van der Waals surface area (Å²) >= 11 is 0. The molecule has 0 amide bonds. The Morgan fingerprint density at radius 2 is 1.24 bits per heavy atom. The number of furan rings is 1. The van der Waals surface area contributed by atoms with Crippen molar-refractivity contribution in [1.29, 1.82) is 0 Å². The number of benzene rings is 7. The van der Waals surface area contributed by atoms with Crippen molar-refractivity contribution in [2.24, 2.45) is 5.41 Å². The number of hydrogen-bond donors (Lipinski definition) is 0. The maximum Gasteiger partial charge on any atom is 0.252 e. The third-order valence-electron chi connectivity index (χ3n) is 17.3. The third-order valence-corrected chi connectivity index (χ3v) is 17.3. The molecule has 0 bridgehead atoms. The second-order valence-corrected chi connectivity index (χ2v) is 26.6. The van der Waals surface area contributed by atoms with Gasteiger partial charge in [-0.05, 0) is 126 Å². The Labute approximate surface area is 439 Å². The molecule has 0 saturated carbocycles. The van der Waals surface area contributed by atoms with Crippen molar-refractivity contribution in [2.75, 3.05) is 9.80 Å². The molecule has 1 atom stereocenters. The molecule has 1 unspecified atom stereocenters. The summed E-state index contributed by atoms with van der Waals surface area (Å²) in [7, 11) is 0. The lowest BCUT2D eigenvalue weighted by atomic mass is 9.33. The molecule has 0 N–H and O–H groups in total. The van der Waals surface area contributed by atoms with E-state index in [1.165, 1.54) is 94.7 Å². The molecule has 74 heavy (non-hydrogen) atoms. The van der Waals surface area contributed by atoms with Gasteiger partial charge >= 0.3 is 0 Å². The van der Waals surface area contributed by atoms with Gasteiger partial charge in [0.2, 0.25) is 0 Å². The molecule has 4 nitrogen and oxygen atoms in total. The summed E-state index contributed by atoms with van der Waals surface area (Å²) in [5.41, 5.74) is 24.7. The lowest BCUT2D eigenvalue weighted by molar-refractivity contribution is 0.510. The standard InChI is InChI=1S/C69H70BN3O/c1-65(2,3)41-25-30-45(31-26-41)71(46-32-27-42(28-33-46)66(4,5)6)47-34-36-53-56(40-47)72(55-24-18-20-49-48-35-29-43(67(7,8)9)39-59(48)74-63(49)55)57-37-44(68(10,11)12)38-58-61(57)70(53)54-23-17-21-51-60-50-19-15-16-22-52(50)69(13,14)64(60)73(58)62(51)54/h15-32,34-40,46H,33H2,1-14H3. The van der Waals surface area contributed by atoms with Crippen molar-refractivity contribution in [2.45, 2.75) is 131 Å². The van der Waals surface area contributed by atoms with Gasteiger partial charge in [-0.1, -0.05) is 200 Å². The summed E-state index contributed by atoms with van der Waals surface area (Å²) in [4.78, 5) is 5.19. The van der Waals surface area contributed by atoms with Crippen LogP contribution in [0.3, 0.4) is 0 Å². The summed E-state index contributed by atoms with van der Waals surface area (Å²) in [5, 5.41) is 3.60. The number of para-hydroxylation sites is 2. The van der Waals surface area contributed by atoms with Crippen molar-refractivity contribution in [3.8, 4) is 16.8 Å².